The van der Waals surface area contributed by atoms with Crippen LogP contribution in [0.4, 0.5) is 0 Å². The average Bonchev–Trinajstić information content (AvgIpc) is 2.65. The molecule has 0 fully saturated rings. The van der Waals surface area contributed by atoms with E-state index in [-0.39, 0.29) is 6.04 Å². The quantitative estimate of drug-likeness (QED) is 0.721. The molecule has 0 radical (unpaired) electrons. The molecule has 1 heterocycles. The minimum absolute atomic E-state index is 0.173. The maximum Gasteiger partial charge on any atom is 0.243 e. The van der Waals surface area contributed by atoms with Gasteiger partial charge < -0.3 is 15.0 Å². The lowest BCUT2D eigenvalue weighted by molar-refractivity contribution is 0.194. The van der Waals surface area contributed by atoms with Crippen LogP contribution in [0.25, 0.3) is 0 Å². The number of aryl methyl sites for hydroxylation is 1. The van der Waals surface area contributed by atoms with Crippen LogP contribution in [0, 0.1) is 5.92 Å². The zero-order valence-electron chi connectivity index (χ0n) is 9.56. The second-order valence-corrected chi connectivity index (χ2v) is 3.91. The number of aromatic nitrogens is 2. The van der Waals surface area contributed by atoms with Crippen molar-refractivity contribution in [1.82, 2.24) is 10.1 Å². The Labute approximate surface area is 90.0 Å². The monoisotopic (exact) mass is 213 g/mol. The minimum Gasteiger partial charge on any atom is -0.385 e. The summed E-state index contributed by atoms with van der Waals surface area (Å²) in [6.45, 7) is 4.76. The van der Waals surface area contributed by atoms with Gasteiger partial charge in [-0.2, -0.15) is 4.98 Å². The van der Waals surface area contributed by atoms with Crippen LogP contribution in [-0.2, 0) is 11.2 Å². The topological polar surface area (TPSA) is 74.2 Å². The molecule has 1 aromatic rings. The highest BCUT2D eigenvalue weighted by molar-refractivity contribution is 4.93. The van der Waals surface area contributed by atoms with E-state index in [0.717, 1.165) is 12.8 Å². The molecule has 1 atom stereocenters. The van der Waals surface area contributed by atoms with Crippen molar-refractivity contribution < 1.29 is 9.26 Å². The first kappa shape index (κ1) is 12.1. The summed E-state index contributed by atoms with van der Waals surface area (Å²) in [5.41, 5.74) is 5.89. The van der Waals surface area contributed by atoms with Gasteiger partial charge in [0, 0.05) is 20.1 Å². The predicted octanol–water partition coefficient (Wildman–Crippen LogP) is 1.30. The van der Waals surface area contributed by atoms with E-state index in [1.807, 2.05) is 13.8 Å². The third kappa shape index (κ3) is 3.60. The zero-order valence-corrected chi connectivity index (χ0v) is 9.56. The standard InChI is InChI=1S/C10H19N3O2/c1-7(2)9(11)10-12-8(13-15-10)5-4-6-14-3/h7,9H,4-6,11H2,1-3H3/t9-/m0/s1. The molecule has 0 aromatic carbocycles. The molecule has 15 heavy (non-hydrogen) atoms. The highest BCUT2D eigenvalue weighted by Gasteiger charge is 2.17. The Kier molecular flexibility index (Phi) is 4.71. The first-order valence-electron chi connectivity index (χ1n) is 5.22. The molecule has 0 saturated heterocycles. The number of hydrogen-bond acceptors (Lipinski definition) is 5. The first-order valence-corrected chi connectivity index (χ1v) is 5.22. The molecule has 2 N–H and O–H groups in total. The molecular weight excluding hydrogens is 194 g/mol. The van der Waals surface area contributed by atoms with Gasteiger partial charge in [0.2, 0.25) is 5.89 Å². The van der Waals surface area contributed by atoms with Crippen LogP contribution in [0.3, 0.4) is 0 Å². The molecule has 0 unspecified atom stereocenters. The van der Waals surface area contributed by atoms with Crippen LogP contribution in [0.5, 0.6) is 0 Å². The van der Waals surface area contributed by atoms with Gasteiger partial charge in [0.25, 0.3) is 0 Å². The number of hydrogen-bond donors (Lipinski definition) is 1. The third-order valence-electron chi connectivity index (χ3n) is 2.24. The van der Waals surface area contributed by atoms with Crippen molar-refractivity contribution in [2.24, 2.45) is 11.7 Å². The van der Waals surface area contributed by atoms with E-state index >= 15 is 0 Å². The summed E-state index contributed by atoms with van der Waals surface area (Å²) < 4.78 is 10.0. The number of ether oxygens (including phenoxy) is 1. The fourth-order valence-corrected chi connectivity index (χ4v) is 1.16. The number of rotatable bonds is 6. The number of nitrogens with two attached hydrogens (primary N) is 1. The van der Waals surface area contributed by atoms with E-state index in [1.54, 1.807) is 7.11 Å². The normalized spacial score (nSPS) is 13.4. The molecule has 1 aromatic heterocycles. The van der Waals surface area contributed by atoms with Gasteiger partial charge in [0.05, 0.1) is 6.04 Å². The van der Waals surface area contributed by atoms with Gasteiger partial charge in [-0.1, -0.05) is 19.0 Å². The molecule has 0 spiro atoms. The van der Waals surface area contributed by atoms with Crippen LogP contribution in [0.1, 0.15) is 38.0 Å². The Bertz CT molecular complexity index is 286. The predicted molar refractivity (Wildman–Crippen MR) is 56.3 cm³/mol. The van der Waals surface area contributed by atoms with Crippen LogP contribution in [0.2, 0.25) is 0 Å². The van der Waals surface area contributed by atoms with Crippen LogP contribution < -0.4 is 5.73 Å². The van der Waals surface area contributed by atoms with Gasteiger partial charge in [0.15, 0.2) is 5.82 Å². The Morgan fingerprint density at radius 2 is 2.20 bits per heavy atom. The summed E-state index contributed by atoms with van der Waals surface area (Å²) in [5, 5.41) is 3.87. The van der Waals surface area contributed by atoms with E-state index < -0.39 is 0 Å². The molecule has 1 rings (SSSR count). The van der Waals surface area contributed by atoms with Crippen molar-refractivity contribution >= 4 is 0 Å². The maximum absolute atomic E-state index is 5.89. The average molecular weight is 213 g/mol. The van der Waals surface area contributed by atoms with E-state index in [4.69, 9.17) is 15.0 Å². The van der Waals surface area contributed by atoms with Crippen molar-refractivity contribution in [1.29, 1.82) is 0 Å². The maximum atomic E-state index is 5.89. The first-order chi connectivity index (χ1) is 7.15. The molecule has 0 aliphatic rings. The van der Waals surface area contributed by atoms with Crippen molar-refractivity contribution in [3.8, 4) is 0 Å². The Morgan fingerprint density at radius 3 is 2.80 bits per heavy atom. The Hall–Kier alpha value is -0.940. The zero-order chi connectivity index (χ0) is 11.3. The molecule has 5 nitrogen and oxygen atoms in total. The summed E-state index contributed by atoms with van der Waals surface area (Å²) in [7, 11) is 1.68. The summed E-state index contributed by atoms with van der Waals surface area (Å²) in [6, 6.07) is -0.173. The molecular formula is C10H19N3O2. The summed E-state index contributed by atoms with van der Waals surface area (Å²) in [5.74, 6) is 1.54. The Morgan fingerprint density at radius 1 is 1.47 bits per heavy atom. The van der Waals surface area contributed by atoms with Gasteiger partial charge in [-0.05, 0) is 12.3 Å². The van der Waals surface area contributed by atoms with Crippen molar-refractivity contribution in [2.75, 3.05) is 13.7 Å². The van der Waals surface area contributed by atoms with Crippen LogP contribution in [0.15, 0.2) is 4.52 Å². The highest BCUT2D eigenvalue weighted by atomic mass is 16.5. The molecule has 0 saturated carbocycles. The van der Waals surface area contributed by atoms with Crippen molar-refractivity contribution in [3.63, 3.8) is 0 Å². The van der Waals surface area contributed by atoms with E-state index in [1.165, 1.54) is 0 Å². The second kappa shape index (κ2) is 5.82. The largest absolute Gasteiger partial charge is 0.385 e. The molecule has 86 valence electrons. The van der Waals surface area contributed by atoms with Crippen LogP contribution in [-0.4, -0.2) is 23.9 Å². The summed E-state index contributed by atoms with van der Waals surface area (Å²) >= 11 is 0. The molecule has 0 aliphatic carbocycles. The molecule has 0 amide bonds. The summed E-state index contributed by atoms with van der Waals surface area (Å²) in [4.78, 5) is 4.24. The number of nitrogens with zero attached hydrogens (tertiary/aromatic N) is 2. The van der Waals surface area contributed by atoms with E-state index in [9.17, 15) is 0 Å². The van der Waals surface area contributed by atoms with E-state index in [2.05, 4.69) is 10.1 Å². The van der Waals surface area contributed by atoms with Gasteiger partial charge in [-0.3, -0.25) is 0 Å². The summed E-state index contributed by atoms with van der Waals surface area (Å²) in [6.07, 6.45) is 1.66. The lowest BCUT2D eigenvalue weighted by Gasteiger charge is -2.09. The van der Waals surface area contributed by atoms with Gasteiger partial charge in [-0.25, -0.2) is 0 Å². The smallest absolute Gasteiger partial charge is 0.243 e. The molecule has 5 heteroatoms. The number of methoxy groups -OCH3 is 1. The van der Waals surface area contributed by atoms with E-state index in [0.29, 0.717) is 24.2 Å². The van der Waals surface area contributed by atoms with Crippen molar-refractivity contribution in [3.05, 3.63) is 11.7 Å². The highest BCUT2D eigenvalue weighted by Crippen LogP contribution is 2.16. The Balaban J connectivity index is 2.48. The third-order valence-corrected chi connectivity index (χ3v) is 2.24. The van der Waals surface area contributed by atoms with Gasteiger partial charge in [-0.15, -0.1) is 0 Å². The van der Waals surface area contributed by atoms with Gasteiger partial charge in [0.1, 0.15) is 0 Å². The lowest BCUT2D eigenvalue weighted by atomic mass is 10.1. The SMILES string of the molecule is COCCCc1noc([C@@H](N)C(C)C)n1. The van der Waals surface area contributed by atoms with Gasteiger partial charge >= 0.3 is 0 Å². The minimum atomic E-state index is -0.173. The van der Waals surface area contributed by atoms with Crippen molar-refractivity contribution in [2.45, 2.75) is 32.7 Å². The second-order valence-electron chi connectivity index (χ2n) is 3.91. The molecule has 0 aliphatic heterocycles. The fourth-order valence-electron chi connectivity index (χ4n) is 1.16. The van der Waals surface area contributed by atoms with Crippen LogP contribution >= 0.6 is 0 Å². The molecule has 0 bridgehead atoms. The lowest BCUT2D eigenvalue weighted by Crippen LogP contribution is -2.17. The fraction of sp³-hybridized carbons (Fsp3) is 0.800.